The summed E-state index contributed by atoms with van der Waals surface area (Å²) in [4.78, 5) is 16.3. The minimum Gasteiger partial charge on any atom is -0.444 e. The van der Waals surface area contributed by atoms with Crippen molar-refractivity contribution in [2.75, 3.05) is 19.6 Å². The highest BCUT2D eigenvalue weighted by atomic mass is 16.6. The van der Waals surface area contributed by atoms with Crippen LogP contribution in [0.4, 0.5) is 4.79 Å². The Hall–Kier alpha value is -1.63. The molecule has 0 aromatic carbocycles. The third-order valence-corrected chi connectivity index (χ3v) is 4.30. The Morgan fingerprint density at radius 3 is 2.52 bits per heavy atom. The summed E-state index contributed by atoms with van der Waals surface area (Å²) < 4.78 is 7.60. The van der Waals surface area contributed by atoms with E-state index in [0.717, 1.165) is 37.8 Å². The molecule has 23 heavy (non-hydrogen) atoms. The lowest BCUT2D eigenvalue weighted by Crippen LogP contribution is -2.42. The molecule has 1 amide bonds. The van der Waals surface area contributed by atoms with Crippen LogP contribution in [0.15, 0.2) is 0 Å². The predicted octanol–water partition coefficient (Wildman–Crippen LogP) is 2.01. The maximum Gasteiger partial charge on any atom is 0.410 e. The standard InChI is InChI=1S/C16H27N5O2/c1-16(2,3)23-15(22)20-9-10-21-13(17-18-14(21)12-20)11-19-7-5-4-6-8-19/h4-12H2,1-3H3. The lowest BCUT2D eigenvalue weighted by Gasteiger charge is -2.31. The van der Waals surface area contributed by atoms with E-state index in [1.165, 1.54) is 19.3 Å². The normalized spacial score (nSPS) is 19.5. The first-order valence-corrected chi connectivity index (χ1v) is 8.53. The smallest absolute Gasteiger partial charge is 0.410 e. The van der Waals surface area contributed by atoms with Gasteiger partial charge in [-0.3, -0.25) is 9.80 Å². The molecule has 3 heterocycles. The van der Waals surface area contributed by atoms with Crippen LogP contribution in [0.3, 0.4) is 0 Å². The molecule has 2 aliphatic rings. The fourth-order valence-corrected chi connectivity index (χ4v) is 3.13. The molecule has 0 saturated carbocycles. The number of carbonyl (C=O) groups excluding carboxylic acids is 1. The molecule has 7 heteroatoms. The molecule has 0 radical (unpaired) electrons. The van der Waals surface area contributed by atoms with Gasteiger partial charge in [-0.2, -0.15) is 0 Å². The molecule has 0 unspecified atom stereocenters. The third-order valence-electron chi connectivity index (χ3n) is 4.30. The van der Waals surface area contributed by atoms with Crippen LogP contribution in [0.2, 0.25) is 0 Å². The van der Waals surface area contributed by atoms with Gasteiger partial charge in [-0.1, -0.05) is 6.42 Å². The first-order chi connectivity index (χ1) is 10.9. The second-order valence-electron chi connectivity index (χ2n) is 7.42. The highest BCUT2D eigenvalue weighted by molar-refractivity contribution is 5.68. The number of piperidine rings is 1. The van der Waals surface area contributed by atoms with E-state index in [9.17, 15) is 4.79 Å². The van der Waals surface area contributed by atoms with Crippen molar-refractivity contribution in [3.63, 3.8) is 0 Å². The molecule has 0 N–H and O–H groups in total. The van der Waals surface area contributed by atoms with Crippen molar-refractivity contribution in [2.45, 2.75) is 65.3 Å². The molecule has 0 bridgehead atoms. The van der Waals surface area contributed by atoms with Crippen molar-refractivity contribution in [3.05, 3.63) is 11.6 Å². The molecule has 7 nitrogen and oxygen atoms in total. The van der Waals surface area contributed by atoms with Gasteiger partial charge in [0.15, 0.2) is 5.82 Å². The van der Waals surface area contributed by atoms with Crippen LogP contribution in [-0.2, 0) is 24.4 Å². The van der Waals surface area contributed by atoms with Crippen molar-refractivity contribution < 1.29 is 9.53 Å². The first-order valence-electron chi connectivity index (χ1n) is 8.53. The zero-order valence-electron chi connectivity index (χ0n) is 14.4. The monoisotopic (exact) mass is 321 g/mol. The zero-order valence-corrected chi connectivity index (χ0v) is 14.4. The molecule has 1 aromatic heterocycles. The Morgan fingerprint density at radius 2 is 1.83 bits per heavy atom. The fourth-order valence-electron chi connectivity index (χ4n) is 3.13. The summed E-state index contributed by atoms with van der Waals surface area (Å²) in [7, 11) is 0. The van der Waals surface area contributed by atoms with Gasteiger partial charge in [0.2, 0.25) is 0 Å². The van der Waals surface area contributed by atoms with Crippen LogP contribution >= 0.6 is 0 Å². The Balaban J connectivity index is 1.63. The molecule has 1 saturated heterocycles. The topological polar surface area (TPSA) is 63.5 Å². The minimum absolute atomic E-state index is 0.274. The molecule has 128 valence electrons. The van der Waals surface area contributed by atoms with E-state index >= 15 is 0 Å². The van der Waals surface area contributed by atoms with Gasteiger partial charge in [-0.15, -0.1) is 10.2 Å². The zero-order chi connectivity index (χ0) is 16.4. The number of ether oxygens (including phenoxy) is 1. The summed E-state index contributed by atoms with van der Waals surface area (Å²) in [6, 6.07) is 0. The molecule has 0 atom stereocenters. The van der Waals surface area contributed by atoms with Gasteiger partial charge in [0, 0.05) is 13.1 Å². The summed E-state index contributed by atoms with van der Waals surface area (Å²) in [5.74, 6) is 1.87. The maximum absolute atomic E-state index is 12.2. The van der Waals surface area contributed by atoms with Gasteiger partial charge in [0.1, 0.15) is 11.4 Å². The number of fused-ring (bicyclic) bond motifs is 1. The van der Waals surface area contributed by atoms with Crippen molar-refractivity contribution in [3.8, 4) is 0 Å². The average Bonchev–Trinajstić information content (AvgIpc) is 2.89. The highest BCUT2D eigenvalue weighted by Gasteiger charge is 2.28. The van der Waals surface area contributed by atoms with E-state index in [4.69, 9.17) is 4.74 Å². The molecule has 2 aliphatic heterocycles. The number of hydrogen-bond donors (Lipinski definition) is 0. The Bertz CT molecular complexity index is 557. The highest BCUT2D eigenvalue weighted by Crippen LogP contribution is 2.18. The fraction of sp³-hybridized carbons (Fsp3) is 0.812. The minimum atomic E-state index is -0.471. The summed E-state index contributed by atoms with van der Waals surface area (Å²) in [6.45, 7) is 10.7. The van der Waals surface area contributed by atoms with Gasteiger partial charge in [-0.25, -0.2) is 4.79 Å². The number of amides is 1. The molecular weight excluding hydrogens is 294 g/mol. The third kappa shape index (κ3) is 4.02. The van der Waals surface area contributed by atoms with E-state index in [1.807, 2.05) is 20.8 Å². The van der Waals surface area contributed by atoms with Crippen LogP contribution in [-0.4, -0.2) is 55.9 Å². The second-order valence-corrected chi connectivity index (χ2v) is 7.42. The van der Waals surface area contributed by atoms with E-state index in [2.05, 4.69) is 19.7 Å². The predicted molar refractivity (Wildman–Crippen MR) is 85.8 cm³/mol. The Labute approximate surface area is 137 Å². The Kier molecular flexibility index (Phi) is 4.57. The van der Waals surface area contributed by atoms with E-state index in [0.29, 0.717) is 13.1 Å². The lowest BCUT2D eigenvalue weighted by atomic mass is 10.1. The second kappa shape index (κ2) is 6.47. The molecule has 3 rings (SSSR count). The van der Waals surface area contributed by atoms with Gasteiger partial charge >= 0.3 is 6.09 Å². The van der Waals surface area contributed by atoms with Crippen LogP contribution in [0.5, 0.6) is 0 Å². The largest absolute Gasteiger partial charge is 0.444 e. The van der Waals surface area contributed by atoms with Crippen LogP contribution < -0.4 is 0 Å². The lowest BCUT2D eigenvalue weighted by molar-refractivity contribution is 0.0193. The first kappa shape index (κ1) is 16.2. The molecular formula is C16H27N5O2. The van der Waals surface area contributed by atoms with Crippen LogP contribution in [0, 0.1) is 0 Å². The number of carbonyl (C=O) groups is 1. The van der Waals surface area contributed by atoms with E-state index in [-0.39, 0.29) is 6.09 Å². The molecule has 1 fully saturated rings. The van der Waals surface area contributed by atoms with E-state index in [1.54, 1.807) is 4.90 Å². The van der Waals surface area contributed by atoms with E-state index < -0.39 is 5.60 Å². The number of likely N-dealkylation sites (tertiary alicyclic amines) is 1. The van der Waals surface area contributed by atoms with Crippen molar-refractivity contribution in [1.29, 1.82) is 0 Å². The number of hydrogen-bond acceptors (Lipinski definition) is 5. The van der Waals surface area contributed by atoms with Gasteiger partial charge in [0.25, 0.3) is 0 Å². The van der Waals surface area contributed by atoms with Crippen molar-refractivity contribution in [2.24, 2.45) is 0 Å². The molecule has 0 spiro atoms. The molecule has 0 aliphatic carbocycles. The van der Waals surface area contributed by atoms with Crippen LogP contribution in [0.25, 0.3) is 0 Å². The quantitative estimate of drug-likeness (QED) is 0.834. The average molecular weight is 321 g/mol. The maximum atomic E-state index is 12.2. The van der Waals surface area contributed by atoms with Crippen molar-refractivity contribution >= 4 is 6.09 Å². The number of nitrogens with zero attached hydrogens (tertiary/aromatic N) is 5. The van der Waals surface area contributed by atoms with Gasteiger partial charge < -0.3 is 9.30 Å². The summed E-state index contributed by atoms with van der Waals surface area (Å²) in [5, 5.41) is 8.64. The number of rotatable bonds is 2. The summed E-state index contributed by atoms with van der Waals surface area (Å²) >= 11 is 0. The summed E-state index contributed by atoms with van der Waals surface area (Å²) in [5.41, 5.74) is -0.471. The SMILES string of the molecule is CC(C)(C)OC(=O)N1CCn2c(CN3CCCCC3)nnc2C1. The Morgan fingerprint density at radius 1 is 1.09 bits per heavy atom. The van der Waals surface area contributed by atoms with Gasteiger partial charge in [-0.05, 0) is 46.7 Å². The number of aromatic nitrogens is 3. The summed E-state index contributed by atoms with van der Waals surface area (Å²) in [6.07, 6.45) is 3.60. The van der Waals surface area contributed by atoms with Gasteiger partial charge in [0.05, 0.1) is 13.1 Å². The van der Waals surface area contributed by atoms with Crippen LogP contribution in [0.1, 0.15) is 51.7 Å². The van der Waals surface area contributed by atoms with Crippen molar-refractivity contribution in [1.82, 2.24) is 24.6 Å². The molecule has 1 aromatic rings.